The first kappa shape index (κ1) is 18.3. The quantitative estimate of drug-likeness (QED) is 0.683. The predicted octanol–water partition coefficient (Wildman–Crippen LogP) is 2.52. The van der Waals surface area contributed by atoms with Crippen LogP contribution in [0, 0.1) is 0 Å². The molecule has 0 spiro atoms. The van der Waals surface area contributed by atoms with Crippen LogP contribution in [0.3, 0.4) is 0 Å². The monoisotopic (exact) mass is 368 g/mol. The number of sulfonamides is 1. The number of phenols is 1. The van der Waals surface area contributed by atoms with E-state index >= 15 is 0 Å². The van der Waals surface area contributed by atoms with Gasteiger partial charge in [0.05, 0.1) is 10.6 Å². The van der Waals surface area contributed by atoms with Crippen LogP contribution in [0.2, 0.25) is 5.02 Å². The lowest BCUT2D eigenvalue weighted by Crippen LogP contribution is -2.18. The summed E-state index contributed by atoms with van der Waals surface area (Å²) in [5.74, 6) is -0.339. The number of aromatic hydroxyl groups is 1. The van der Waals surface area contributed by atoms with Crippen LogP contribution < -0.4 is 10.0 Å². The van der Waals surface area contributed by atoms with E-state index in [0.29, 0.717) is 11.4 Å². The lowest BCUT2D eigenvalue weighted by atomic mass is 10.1. The summed E-state index contributed by atoms with van der Waals surface area (Å²) in [6.07, 6.45) is 0.622. The average molecular weight is 369 g/mol. The number of hydrogen-bond acceptors (Lipinski definition) is 4. The minimum Gasteiger partial charge on any atom is -0.506 e. The highest BCUT2D eigenvalue weighted by atomic mass is 35.5. The summed E-state index contributed by atoms with van der Waals surface area (Å²) in [5, 5.41) is 12.7. The van der Waals surface area contributed by atoms with E-state index in [1.54, 1.807) is 12.1 Å². The van der Waals surface area contributed by atoms with E-state index < -0.39 is 10.0 Å². The Morgan fingerprint density at radius 1 is 1.17 bits per heavy atom. The van der Waals surface area contributed by atoms with Crippen LogP contribution in [0.5, 0.6) is 5.75 Å². The van der Waals surface area contributed by atoms with Gasteiger partial charge in [-0.3, -0.25) is 4.79 Å². The largest absolute Gasteiger partial charge is 0.506 e. The number of carbonyl (C=O) groups excluding carboxylic acids is 1. The molecule has 0 saturated heterocycles. The van der Waals surface area contributed by atoms with Gasteiger partial charge in [-0.15, -0.1) is 0 Å². The molecule has 0 atom stereocenters. The zero-order valence-corrected chi connectivity index (χ0v) is 14.5. The Morgan fingerprint density at radius 3 is 2.46 bits per heavy atom. The summed E-state index contributed by atoms with van der Waals surface area (Å²) in [7, 11) is -2.12. The topological polar surface area (TPSA) is 95.5 Å². The van der Waals surface area contributed by atoms with Crippen LogP contribution in [-0.2, 0) is 21.2 Å². The fourth-order valence-corrected chi connectivity index (χ4v) is 2.93. The number of nitrogens with one attached hydrogen (secondary N) is 2. The van der Waals surface area contributed by atoms with Crippen molar-refractivity contribution in [1.29, 1.82) is 0 Å². The van der Waals surface area contributed by atoms with E-state index in [1.807, 2.05) is 0 Å². The molecule has 0 aliphatic rings. The predicted molar refractivity (Wildman–Crippen MR) is 92.8 cm³/mol. The maximum absolute atomic E-state index is 12.0. The van der Waals surface area contributed by atoms with Crippen LogP contribution in [0.1, 0.15) is 12.0 Å². The van der Waals surface area contributed by atoms with Crippen molar-refractivity contribution in [1.82, 2.24) is 4.72 Å². The van der Waals surface area contributed by atoms with Crippen molar-refractivity contribution in [2.75, 3.05) is 12.4 Å². The molecule has 2 aromatic rings. The average Bonchev–Trinajstić information content (AvgIpc) is 2.56. The molecule has 0 heterocycles. The van der Waals surface area contributed by atoms with E-state index in [1.165, 1.54) is 37.4 Å². The Balaban J connectivity index is 1.96. The normalized spacial score (nSPS) is 11.2. The first-order valence-electron chi connectivity index (χ1n) is 7.12. The highest BCUT2D eigenvalue weighted by Crippen LogP contribution is 2.26. The zero-order chi connectivity index (χ0) is 17.7. The van der Waals surface area contributed by atoms with E-state index in [9.17, 15) is 18.3 Å². The molecule has 0 aliphatic heterocycles. The smallest absolute Gasteiger partial charge is 0.240 e. The van der Waals surface area contributed by atoms with Crippen LogP contribution in [-0.4, -0.2) is 26.5 Å². The number of hydrogen-bond donors (Lipinski definition) is 3. The zero-order valence-electron chi connectivity index (χ0n) is 12.9. The molecule has 1 amide bonds. The third kappa shape index (κ3) is 4.70. The van der Waals surface area contributed by atoms with Crippen molar-refractivity contribution >= 4 is 33.2 Å². The maximum atomic E-state index is 12.0. The Labute approximate surface area is 145 Å². The molecule has 3 N–H and O–H groups in total. The number of phenolic OH excluding ortho intramolecular Hbond substituents is 1. The third-order valence-electron chi connectivity index (χ3n) is 3.38. The molecule has 0 fully saturated rings. The minimum atomic E-state index is -3.47. The van der Waals surface area contributed by atoms with Gasteiger partial charge in [0.1, 0.15) is 5.75 Å². The van der Waals surface area contributed by atoms with E-state index in [4.69, 9.17) is 11.6 Å². The van der Waals surface area contributed by atoms with E-state index in [2.05, 4.69) is 10.0 Å². The molecule has 8 heteroatoms. The van der Waals surface area contributed by atoms with Crippen molar-refractivity contribution < 1.29 is 18.3 Å². The molecule has 0 radical (unpaired) electrons. The van der Waals surface area contributed by atoms with Crippen molar-refractivity contribution in [3.8, 4) is 5.75 Å². The Bertz CT molecular complexity index is 836. The van der Waals surface area contributed by atoms with Gasteiger partial charge >= 0.3 is 0 Å². The fraction of sp³-hybridized carbons (Fsp3) is 0.188. The molecule has 0 bridgehead atoms. The molecule has 2 aromatic carbocycles. The Kier molecular flexibility index (Phi) is 5.82. The summed E-state index contributed by atoms with van der Waals surface area (Å²) < 4.78 is 25.5. The molecule has 2 rings (SSSR count). The lowest BCUT2D eigenvalue weighted by molar-refractivity contribution is -0.116. The van der Waals surface area contributed by atoms with Crippen LogP contribution in [0.15, 0.2) is 47.4 Å². The van der Waals surface area contributed by atoms with Gasteiger partial charge in [0.15, 0.2) is 0 Å². The number of aryl methyl sites for hydroxylation is 1. The summed E-state index contributed by atoms with van der Waals surface area (Å²) in [6.45, 7) is 0. The molecule has 0 unspecified atom stereocenters. The number of halogens is 1. The molecular formula is C16H17ClN2O4S. The number of rotatable bonds is 6. The molecule has 24 heavy (non-hydrogen) atoms. The Hall–Kier alpha value is -2.09. The summed E-state index contributed by atoms with van der Waals surface area (Å²) in [6, 6.07) is 10.7. The highest BCUT2D eigenvalue weighted by molar-refractivity contribution is 7.89. The Morgan fingerprint density at radius 2 is 1.83 bits per heavy atom. The van der Waals surface area contributed by atoms with Crippen molar-refractivity contribution in [2.45, 2.75) is 17.7 Å². The lowest BCUT2D eigenvalue weighted by Gasteiger charge is -2.08. The van der Waals surface area contributed by atoms with Crippen molar-refractivity contribution in [3.05, 3.63) is 53.1 Å². The number of amides is 1. The fourth-order valence-electron chi connectivity index (χ4n) is 2.03. The standard InChI is InChI=1S/C16H17ClN2O4S/c1-18-24(22,23)13-6-2-11(3-7-13)4-9-16(21)19-14-10-12(17)5-8-15(14)20/h2-3,5-8,10,18,20H,4,9H2,1H3,(H,19,21). The number of anilines is 1. The molecule has 0 aromatic heterocycles. The number of benzene rings is 2. The van der Waals surface area contributed by atoms with Crippen molar-refractivity contribution in [3.63, 3.8) is 0 Å². The second-order valence-electron chi connectivity index (χ2n) is 5.06. The molecular weight excluding hydrogens is 352 g/mol. The maximum Gasteiger partial charge on any atom is 0.240 e. The van der Waals surface area contributed by atoms with Gasteiger partial charge in [-0.05, 0) is 49.4 Å². The second kappa shape index (κ2) is 7.65. The molecule has 6 nitrogen and oxygen atoms in total. The number of carbonyl (C=O) groups is 1. The van der Waals surface area contributed by atoms with Gasteiger partial charge in [0, 0.05) is 11.4 Å². The summed E-state index contributed by atoms with van der Waals surface area (Å²) in [4.78, 5) is 12.1. The van der Waals surface area contributed by atoms with Gasteiger partial charge < -0.3 is 10.4 Å². The van der Waals surface area contributed by atoms with Crippen LogP contribution >= 0.6 is 11.6 Å². The van der Waals surface area contributed by atoms with Gasteiger partial charge in [0.2, 0.25) is 15.9 Å². The molecule has 128 valence electrons. The highest BCUT2D eigenvalue weighted by Gasteiger charge is 2.11. The van der Waals surface area contributed by atoms with Crippen LogP contribution in [0.25, 0.3) is 0 Å². The second-order valence-corrected chi connectivity index (χ2v) is 7.38. The van der Waals surface area contributed by atoms with Gasteiger partial charge in [-0.25, -0.2) is 13.1 Å². The van der Waals surface area contributed by atoms with Gasteiger partial charge in [-0.1, -0.05) is 23.7 Å². The SMILES string of the molecule is CNS(=O)(=O)c1ccc(CCC(=O)Nc2cc(Cl)ccc2O)cc1. The molecule has 0 aliphatic carbocycles. The summed E-state index contributed by atoms with van der Waals surface area (Å²) >= 11 is 5.82. The van der Waals surface area contributed by atoms with Crippen molar-refractivity contribution in [2.24, 2.45) is 0 Å². The van der Waals surface area contributed by atoms with Gasteiger partial charge in [-0.2, -0.15) is 0 Å². The third-order valence-corrected chi connectivity index (χ3v) is 5.04. The van der Waals surface area contributed by atoms with E-state index in [-0.39, 0.29) is 28.7 Å². The molecule has 0 saturated carbocycles. The van der Waals surface area contributed by atoms with Gasteiger partial charge in [0.25, 0.3) is 0 Å². The van der Waals surface area contributed by atoms with E-state index in [0.717, 1.165) is 5.56 Å². The van der Waals surface area contributed by atoms with Crippen LogP contribution in [0.4, 0.5) is 5.69 Å². The first-order valence-corrected chi connectivity index (χ1v) is 8.99. The minimum absolute atomic E-state index is 0.0608. The summed E-state index contributed by atoms with van der Waals surface area (Å²) in [5.41, 5.74) is 1.08. The first-order chi connectivity index (χ1) is 11.3.